The lowest BCUT2D eigenvalue weighted by Gasteiger charge is -2.18. The van der Waals surface area contributed by atoms with Gasteiger partial charge in [-0.05, 0) is 24.6 Å². The SMILES string of the molecule is C=C(OC(=O)C(F)(F)F)C(=O)Nc1ccc2c(N3CCC(N)C3)ncnc2c1. The van der Waals surface area contributed by atoms with Gasteiger partial charge in [-0.25, -0.2) is 14.8 Å². The maximum absolute atomic E-state index is 12.2. The van der Waals surface area contributed by atoms with E-state index in [2.05, 4.69) is 26.6 Å². The lowest BCUT2D eigenvalue weighted by Crippen LogP contribution is -2.28. The van der Waals surface area contributed by atoms with E-state index in [0.29, 0.717) is 17.9 Å². The van der Waals surface area contributed by atoms with Crippen molar-refractivity contribution in [1.82, 2.24) is 9.97 Å². The second kappa shape index (κ2) is 7.43. The van der Waals surface area contributed by atoms with Crippen molar-refractivity contribution in [2.45, 2.75) is 18.6 Å². The van der Waals surface area contributed by atoms with Crippen LogP contribution in [0.1, 0.15) is 6.42 Å². The molecule has 1 amide bonds. The number of nitrogens with one attached hydrogen (secondary N) is 1. The molecule has 0 saturated carbocycles. The summed E-state index contributed by atoms with van der Waals surface area (Å²) in [5.74, 6) is -3.87. The van der Waals surface area contributed by atoms with Crippen molar-refractivity contribution >= 4 is 34.3 Å². The smallest absolute Gasteiger partial charge is 0.415 e. The van der Waals surface area contributed by atoms with Crippen molar-refractivity contribution in [3.05, 3.63) is 36.9 Å². The number of nitrogens with zero attached hydrogens (tertiary/aromatic N) is 3. The van der Waals surface area contributed by atoms with Crippen LogP contribution in [0.25, 0.3) is 10.9 Å². The number of anilines is 2. The molecule has 1 aromatic carbocycles. The quantitative estimate of drug-likeness (QED) is 0.461. The number of benzene rings is 1. The van der Waals surface area contributed by atoms with Gasteiger partial charge in [-0.3, -0.25) is 4.79 Å². The monoisotopic (exact) mass is 395 g/mol. The molecular weight excluding hydrogens is 379 g/mol. The maximum atomic E-state index is 12.2. The largest absolute Gasteiger partial charge is 0.491 e. The fourth-order valence-electron chi connectivity index (χ4n) is 2.77. The van der Waals surface area contributed by atoms with Crippen LogP contribution in [0.4, 0.5) is 24.7 Å². The van der Waals surface area contributed by atoms with Gasteiger partial charge in [0.1, 0.15) is 12.1 Å². The maximum Gasteiger partial charge on any atom is 0.491 e. The predicted molar refractivity (Wildman–Crippen MR) is 94.3 cm³/mol. The molecule has 28 heavy (non-hydrogen) atoms. The minimum atomic E-state index is -5.22. The van der Waals surface area contributed by atoms with Gasteiger partial charge in [-0.2, -0.15) is 13.2 Å². The van der Waals surface area contributed by atoms with Crippen LogP contribution < -0.4 is 16.0 Å². The molecule has 1 atom stereocenters. The van der Waals surface area contributed by atoms with Crippen LogP contribution in [0.2, 0.25) is 0 Å². The van der Waals surface area contributed by atoms with E-state index in [4.69, 9.17) is 5.73 Å². The Morgan fingerprint density at radius 3 is 2.71 bits per heavy atom. The highest BCUT2D eigenvalue weighted by molar-refractivity contribution is 6.04. The van der Waals surface area contributed by atoms with Crippen LogP contribution in [0, 0.1) is 0 Å². The van der Waals surface area contributed by atoms with Gasteiger partial charge in [0.05, 0.1) is 5.52 Å². The molecule has 2 heterocycles. The van der Waals surface area contributed by atoms with Crippen LogP contribution in [0.3, 0.4) is 0 Å². The first-order valence-electron chi connectivity index (χ1n) is 8.19. The third-order valence-electron chi connectivity index (χ3n) is 4.10. The molecule has 1 fully saturated rings. The van der Waals surface area contributed by atoms with E-state index >= 15 is 0 Å². The number of alkyl halides is 3. The molecule has 1 aromatic heterocycles. The van der Waals surface area contributed by atoms with Crippen LogP contribution >= 0.6 is 0 Å². The molecular formula is C17H16F3N5O3. The second-order valence-electron chi connectivity index (χ2n) is 6.19. The lowest BCUT2D eigenvalue weighted by atomic mass is 10.2. The van der Waals surface area contributed by atoms with Crippen molar-refractivity contribution in [3.63, 3.8) is 0 Å². The van der Waals surface area contributed by atoms with Crippen LogP contribution in [0.15, 0.2) is 36.9 Å². The number of carbonyl (C=O) groups excluding carboxylic acids is 2. The molecule has 1 unspecified atom stereocenters. The number of rotatable bonds is 4. The van der Waals surface area contributed by atoms with E-state index in [1.54, 1.807) is 6.07 Å². The summed E-state index contributed by atoms with van der Waals surface area (Å²) in [6.45, 7) is 4.46. The van der Waals surface area contributed by atoms with E-state index < -0.39 is 23.8 Å². The van der Waals surface area contributed by atoms with Gasteiger partial charge in [0.2, 0.25) is 0 Å². The Bertz CT molecular complexity index is 947. The molecule has 1 aliphatic rings. The summed E-state index contributed by atoms with van der Waals surface area (Å²) in [5, 5.41) is 3.04. The minimum Gasteiger partial charge on any atom is -0.415 e. The van der Waals surface area contributed by atoms with Gasteiger partial charge in [-0.1, -0.05) is 6.58 Å². The molecule has 3 rings (SSSR count). The fraction of sp³-hybridized carbons (Fsp3) is 0.294. The van der Waals surface area contributed by atoms with E-state index in [9.17, 15) is 22.8 Å². The number of halogens is 3. The Balaban J connectivity index is 1.75. The third kappa shape index (κ3) is 4.19. The van der Waals surface area contributed by atoms with Crippen molar-refractivity contribution < 1.29 is 27.5 Å². The number of carbonyl (C=O) groups is 2. The fourth-order valence-corrected chi connectivity index (χ4v) is 2.77. The number of fused-ring (bicyclic) bond motifs is 1. The Hall–Kier alpha value is -3.21. The van der Waals surface area contributed by atoms with Crippen LogP contribution in [-0.2, 0) is 14.3 Å². The normalized spacial score (nSPS) is 16.9. The van der Waals surface area contributed by atoms with Crippen LogP contribution in [0.5, 0.6) is 0 Å². The zero-order chi connectivity index (χ0) is 20.5. The van der Waals surface area contributed by atoms with Gasteiger partial charge in [0, 0.05) is 30.2 Å². The molecule has 3 N–H and O–H groups in total. The molecule has 11 heteroatoms. The number of nitrogens with two attached hydrogens (primary N) is 1. The van der Waals surface area contributed by atoms with Gasteiger partial charge in [-0.15, -0.1) is 0 Å². The Kier molecular flexibility index (Phi) is 5.18. The topological polar surface area (TPSA) is 110 Å². The zero-order valence-corrected chi connectivity index (χ0v) is 14.5. The number of hydrogen-bond donors (Lipinski definition) is 2. The summed E-state index contributed by atoms with van der Waals surface area (Å²) in [4.78, 5) is 33.2. The first-order chi connectivity index (χ1) is 13.1. The van der Waals surface area contributed by atoms with Gasteiger partial charge >= 0.3 is 12.1 Å². The second-order valence-corrected chi connectivity index (χ2v) is 6.19. The van der Waals surface area contributed by atoms with E-state index in [1.165, 1.54) is 18.5 Å². The van der Waals surface area contributed by atoms with Crippen molar-refractivity contribution in [3.8, 4) is 0 Å². The number of esters is 1. The summed E-state index contributed by atoms with van der Waals surface area (Å²) in [5.41, 5.74) is 6.68. The molecule has 0 bridgehead atoms. The highest BCUT2D eigenvalue weighted by atomic mass is 19.4. The summed E-state index contributed by atoms with van der Waals surface area (Å²) in [6.07, 6.45) is -3.01. The number of ether oxygens (including phenoxy) is 1. The first-order valence-corrected chi connectivity index (χ1v) is 8.19. The van der Waals surface area contributed by atoms with Crippen molar-refractivity contribution in [2.75, 3.05) is 23.3 Å². The molecule has 148 valence electrons. The summed E-state index contributed by atoms with van der Waals surface area (Å²) in [7, 11) is 0. The van der Waals surface area contributed by atoms with E-state index in [-0.39, 0.29) is 11.7 Å². The Morgan fingerprint density at radius 2 is 2.07 bits per heavy atom. The Morgan fingerprint density at radius 1 is 1.32 bits per heavy atom. The minimum absolute atomic E-state index is 0.0639. The van der Waals surface area contributed by atoms with E-state index in [1.807, 2.05) is 4.90 Å². The molecule has 8 nitrogen and oxygen atoms in total. The zero-order valence-electron chi connectivity index (χ0n) is 14.5. The van der Waals surface area contributed by atoms with Crippen molar-refractivity contribution in [1.29, 1.82) is 0 Å². The average Bonchev–Trinajstić information content (AvgIpc) is 3.06. The molecule has 1 aliphatic heterocycles. The summed E-state index contributed by atoms with van der Waals surface area (Å²) in [6, 6.07) is 4.79. The first kappa shape index (κ1) is 19.5. The standard InChI is InChI=1S/C17H16F3N5O3/c1-9(28-16(27)17(18,19)20)15(26)24-11-2-3-12-13(6-11)22-8-23-14(12)25-5-4-10(21)7-25/h2-3,6,8,10H,1,4-5,7,21H2,(H,24,26). The third-order valence-corrected chi connectivity index (χ3v) is 4.10. The summed E-state index contributed by atoms with van der Waals surface area (Å²) < 4.78 is 40.5. The lowest BCUT2D eigenvalue weighted by molar-refractivity contribution is -0.195. The van der Waals surface area contributed by atoms with Gasteiger partial charge in [0.25, 0.3) is 5.91 Å². The Labute approximate surface area is 157 Å². The number of amides is 1. The highest BCUT2D eigenvalue weighted by Gasteiger charge is 2.42. The number of aromatic nitrogens is 2. The molecule has 1 saturated heterocycles. The predicted octanol–water partition coefficient (Wildman–Crippen LogP) is 1.72. The van der Waals surface area contributed by atoms with Crippen molar-refractivity contribution in [2.24, 2.45) is 5.73 Å². The summed E-state index contributed by atoms with van der Waals surface area (Å²) >= 11 is 0. The van der Waals surface area contributed by atoms with Gasteiger partial charge < -0.3 is 20.7 Å². The average molecular weight is 395 g/mol. The molecule has 0 aliphatic carbocycles. The molecule has 0 radical (unpaired) electrons. The van der Waals surface area contributed by atoms with E-state index in [0.717, 1.165) is 18.4 Å². The highest BCUT2D eigenvalue weighted by Crippen LogP contribution is 2.28. The molecule has 0 spiro atoms. The number of hydrogen-bond acceptors (Lipinski definition) is 7. The molecule has 2 aromatic rings. The van der Waals surface area contributed by atoms with Crippen LogP contribution in [-0.4, -0.2) is 47.2 Å². The van der Waals surface area contributed by atoms with Gasteiger partial charge in [0.15, 0.2) is 5.76 Å².